The molecule has 0 aliphatic heterocycles. The summed E-state index contributed by atoms with van der Waals surface area (Å²) < 4.78 is 68.6. The van der Waals surface area contributed by atoms with Gasteiger partial charge in [0.15, 0.2) is 12.2 Å². The van der Waals surface area contributed by atoms with Gasteiger partial charge in [-0.05, 0) is 43.4 Å². The molecule has 0 aliphatic carbocycles. The minimum Gasteiger partial charge on any atom is -0.462 e. The highest BCUT2D eigenvalue weighted by Crippen LogP contribution is 2.45. The lowest BCUT2D eigenvalue weighted by atomic mass is 10.0. The molecule has 0 aromatic rings. The predicted molar refractivity (Wildman–Crippen MR) is 391 cm³/mol. The van der Waals surface area contributed by atoms with E-state index in [4.69, 9.17) is 37.0 Å². The molecule has 0 fully saturated rings. The van der Waals surface area contributed by atoms with Crippen molar-refractivity contribution >= 4 is 39.5 Å². The molecule has 0 radical (unpaired) electrons. The number of carbonyl (C=O) groups excluding carboxylic acids is 4. The van der Waals surface area contributed by atoms with Crippen LogP contribution in [-0.4, -0.2) is 96.7 Å². The van der Waals surface area contributed by atoms with Crippen LogP contribution in [0.5, 0.6) is 0 Å². The molecule has 5 atom stereocenters. The normalized spacial score (nSPS) is 14.1. The first kappa shape index (κ1) is 94.1. The van der Waals surface area contributed by atoms with Gasteiger partial charge in [-0.15, -0.1) is 0 Å². The second kappa shape index (κ2) is 67.5. The van der Waals surface area contributed by atoms with E-state index in [2.05, 4.69) is 48.5 Å². The molecular formula is C77H150O17P2. The van der Waals surface area contributed by atoms with Gasteiger partial charge in [0.2, 0.25) is 0 Å². The van der Waals surface area contributed by atoms with E-state index in [0.717, 1.165) is 108 Å². The van der Waals surface area contributed by atoms with Gasteiger partial charge in [-0.25, -0.2) is 9.13 Å². The molecule has 0 rings (SSSR count). The Morgan fingerprint density at radius 1 is 0.281 bits per heavy atom. The lowest BCUT2D eigenvalue weighted by molar-refractivity contribution is -0.161. The number of rotatable bonds is 75. The van der Waals surface area contributed by atoms with E-state index in [9.17, 15) is 43.2 Å². The molecule has 0 spiro atoms. The molecule has 0 bridgehead atoms. The number of ether oxygens (including phenoxy) is 4. The van der Waals surface area contributed by atoms with Crippen LogP contribution in [0.15, 0.2) is 0 Å². The van der Waals surface area contributed by atoms with Crippen LogP contribution in [0, 0.1) is 17.8 Å². The minimum absolute atomic E-state index is 0.107. The Morgan fingerprint density at radius 3 is 0.708 bits per heavy atom. The largest absolute Gasteiger partial charge is 0.472 e. The molecule has 0 saturated heterocycles. The van der Waals surface area contributed by atoms with E-state index in [0.29, 0.717) is 25.7 Å². The lowest BCUT2D eigenvalue weighted by Crippen LogP contribution is -2.30. The van der Waals surface area contributed by atoms with Crippen LogP contribution in [0.3, 0.4) is 0 Å². The van der Waals surface area contributed by atoms with Gasteiger partial charge < -0.3 is 33.8 Å². The van der Waals surface area contributed by atoms with Crippen LogP contribution in [0.25, 0.3) is 0 Å². The third kappa shape index (κ3) is 70.5. The topological polar surface area (TPSA) is 237 Å². The van der Waals surface area contributed by atoms with E-state index in [-0.39, 0.29) is 25.7 Å². The molecular weight excluding hydrogens is 1260 g/mol. The van der Waals surface area contributed by atoms with Gasteiger partial charge in [0, 0.05) is 25.7 Å². The maximum Gasteiger partial charge on any atom is 0.472 e. The van der Waals surface area contributed by atoms with E-state index in [1.54, 1.807) is 0 Å². The second-order valence-corrected chi connectivity index (χ2v) is 32.1. The summed E-state index contributed by atoms with van der Waals surface area (Å²) >= 11 is 0. The van der Waals surface area contributed by atoms with Crippen LogP contribution >= 0.6 is 15.6 Å². The Labute approximate surface area is 588 Å². The summed E-state index contributed by atoms with van der Waals surface area (Å²) in [5.74, 6) is 0.192. The molecule has 0 aliphatic rings. The van der Waals surface area contributed by atoms with Crippen LogP contribution in [0.4, 0.5) is 0 Å². The van der Waals surface area contributed by atoms with Crippen molar-refractivity contribution in [3.05, 3.63) is 0 Å². The number of hydrogen-bond acceptors (Lipinski definition) is 15. The first-order chi connectivity index (χ1) is 46.2. The molecule has 570 valence electrons. The second-order valence-electron chi connectivity index (χ2n) is 29.2. The number of carbonyl (C=O) groups is 4. The lowest BCUT2D eigenvalue weighted by Gasteiger charge is -2.21. The number of esters is 4. The van der Waals surface area contributed by atoms with Crippen molar-refractivity contribution in [2.75, 3.05) is 39.6 Å². The fraction of sp³-hybridized carbons (Fsp3) is 0.948. The maximum atomic E-state index is 13.1. The molecule has 3 N–H and O–H groups in total. The van der Waals surface area contributed by atoms with Crippen molar-refractivity contribution in [1.82, 2.24) is 0 Å². The van der Waals surface area contributed by atoms with E-state index < -0.39 is 97.5 Å². The Kier molecular flexibility index (Phi) is 66.2. The number of unbranched alkanes of at least 4 members (excludes halogenated alkanes) is 43. The van der Waals surface area contributed by atoms with Crippen molar-refractivity contribution in [2.24, 2.45) is 17.8 Å². The number of hydrogen-bond donors (Lipinski definition) is 3. The highest BCUT2D eigenvalue weighted by Gasteiger charge is 2.30. The SMILES string of the molecule is CCCCCCCCCCCCCCCCC(=O)O[C@H](COC(=O)CCCCCCCCCCCCC(C)C)COP(=O)(O)OC[C@H](O)COP(=O)(O)OC[C@@H](COC(=O)CCCCCCCCCCCCCC(C)C)OC(=O)CCCCCCCCCCCCCCC(C)C. The maximum absolute atomic E-state index is 13.1. The summed E-state index contributed by atoms with van der Waals surface area (Å²) in [7, 11) is -9.92. The number of phosphoric ester groups is 2. The molecule has 0 heterocycles. The molecule has 96 heavy (non-hydrogen) atoms. The molecule has 17 nitrogen and oxygen atoms in total. The van der Waals surface area contributed by atoms with Crippen LogP contribution in [0.1, 0.15) is 395 Å². The predicted octanol–water partition coefficient (Wildman–Crippen LogP) is 22.6. The highest BCUT2D eigenvalue weighted by molar-refractivity contribution is 7.47. The monoisotopic (exact) mass is 1410 g/mol. The summed E-state index contributed by atoms with van der Waals surface area (Å²) in [6.45, 7) is 11.9. The third-order valence-corrected chi connectivity index (χ3v) is 19.8. The van der Waals surface area contributed by atoms with E-state index >= 15 is 0 Å². The number of aliphatic hydroxyl groups is 1. The van der Waals surface area contributed by atoms with Crippen LogP contribution in [0.2, 0.25) is 0 Å². The van der Waals surface area contributed by atoms with Crippen LogP contribution in [-0.2, 0) is 65.4 Å². The van der Waals surface area contributed by atoms with Gasteiger partial charge in [-0.1, -0.05) is 344 Å². The van der Waals surface area contributed by atoms with Crippen molar-refractivity contribution < 1.29 is 80.2 Å². The van der Waals surface area contributed by atoms with Gasteiger partial charge in [-0.2, -0.15) is 0 Å². The first-order valence-electron chi connectivity index (χ1n) is 39.8. The molecule has 0 amide bonds. The fourth-order valence-electron chi connectivity index (χ4n) is 11.8. The Hall–Kier alpha value is -1.94. The standard InChI is InChI=1S/C77H150O17P2/c1-8-9-10-11-12-13-14-15-16-22-32-39-46-53-60-76(81)93-73(65-88-75(80)59-52-45-38-31-26-25-29-36-43-50-57-70(6)7)67-92-96(85,86)90-63-71(78)62-89-95(83,84)91-66-72(64-87-74(79)58-51-44-37-30-24-19-21-28-35-42-49-56-69(4)5)94-77(82)61-54-47-40-33-23-18-17-20-27-34-41-48-55-68(2)3/h68-73,78H,8-67H2,1-7H3,(H,83,84)(H,85,86)/t71-,72-,73-/m1/s1. The molecule has 19 heteroatoms. The highest BCUT2D eigenvalue weighted by atomic mass is 31.2. The number of phosphoric acid groups is 2. The summed E-state index contributed by atoms with van der Waals surface area (Å²) in [6, 6.07) is 0. The first-order valence-corrected chi connectivity index (χ1v) is 42.8. The average molecular weight is 1410 g/mol. The van der Waals surface area contributed by atoms with Gasteiger partial charge in [-0.3, -0.25) is 37.3 Å². The van der Waals surface area contributed by atoms with Crippen molar-refractivity contribution in [3.8, 4) is 0 Å². The van der Waals surface area contributed by atoms with Crippen LogP contribution < -0.4 is 0 Å². The molecule has 0 saturated carbocycles. The summed E-state index contributed by atoms with van der Waals surface area (Å²) in [4.78, 5) is 72.9. The molecule has 0 aromatic carbocycles. The Balaban J connectivity index is 5.28. The van der Waals surface area contributed by atoms with Gasteiger partial charge in [0.1, 0.15) is 19.3 Å². The van der Waals surface area contributed by atoms with Gasteiger partial charge >= 0.3 is 39.5 Å². The third-order valence-electron chi connectivity index (χ3n) is 17.9. The zero-order valence-corrected chi connectivity index (χ0v) is 64.6. The average Bonchev–Trinajstić information content (AvgIpc) is 2.04. The van der Waals surface area contributed by atoms with E-state index in [1.165, 1.54) is 205 Å². The Morgan fingerprint density at radius 2 is 0.479 bits per heavy atom. The smallest absolute Gasteiger partial charge is 0.462 e. The Bertz CT molecular complexity index is 1870. The molecule has 2 unspecified atom stereocenters. The summed E-state index contributed by atoms with van der Waals surface area (Å²) in [6.07, 6.45) is 53.9. The molecule has 0 aromatic heterocycles. The minimum atomic E-state index is -4.96. The zero-order chi connectivity index (χ0) is 70.9. The van der Waals surface area contributed by atoms with Gasteiger partial charge in [0.25, 0.3) is 0 Å². The quantitative estimate of drug-likeness (QED) is 0.0222. The van der Waals surface area contributed by atoms with E-state index in [1.807, 2.05) is 0 Å². The summed E-state index contributed by atoms with van der Waals surface area (Å²) in [5.41, 5.74) is 0. The van der Waals surface area contributed by atoms with Crippen molar-refractivity contribution in [3.63, 3.8) is 0 Å². The fourth-order valence-corrected chi connectivity index (χ4v) is 13.4. The van der Waals surface area contributed by atoms with Crippen molar-refractivity contribution in [2.45, 2.75) is 414 Å². The summed E-state index contributed by atoms with van der Waals surface area (Å²) in [5, 5.41) is 10.6. The number of aliphatic hydroxyl groups excluding tert-OH is 1. The van der Waals surface area contributed by atoms with Crippen molar-refractivity contribution in [1.29, 1.82) is 0 Å². The zero-order valence-electron chi connectivity index (χ0n) is 62.8. The van der Waals surface area contributed by atoms with Gasteiger partial charge in [0.05, 0.1) is 26.4 Å².